The second kappa shape index (κ2) is 12.5. The van der Waals surface area contributed by atoms with E-state index in [-0.39, 0.29) is 16.7 Å². The molecule has 1 aromatic rings. The second-order valence-electron chi connectivity index (χ2n) is 6.91. The number of benzene rings is 1. The minimum atomic E-state index is -0.602. The normalized spacial score (nSPS) is 13.2. The molecule has 1 rings (SSSR count). The maximum atomic E-state index is 12.3. The highest BCUT2D eigenvalue weighted by Gasteiger charge is 2.22. The summed E-state index contributed by atoms with van der Waals surface area (Å²) in [6.45, 7) is 3.82. The maximum absolute atomic E-state index is 12.3. The number of rotatable bonds is 13. The first-order chi connectivity index (χ1) is 12.0. The zero-order chi connectivity index (χ0) is 18.5. The van der Waals surface area contributed by atoms with Crippen LogP contribution in [0, 0.1) is 16.0 Å². The lowest BCUT2D eigenvalue weighted by molar-refractivity contribution is -0.520. The smallest absolute Gasteiger partial charge is 0.224 e. The predicted molar refractivity (Wildman–Crippen MR) is 102 cm³/mol. The quantitative estimate of drug-likeness (QED) is 0.293. The molecule has 1 aromatic carbocycles. The molecule has 0 aliphatic rings. The van der Waals surface area contributed by atoms with E-state index in [0.29, 0.717) is 12.8 Å². The van der Waals surface area contributed by atoms with Crippen molar-refractivity contribution in [1.29, 1.82) is 0 Å². The van der Waals surface area contributed by atoms with Crippen molar-refractivity contribution >= 4 is 11.6 Å². The number of hydrogen-bond acceptors (Lipinski definition) is 3. The summed E-state index contributed by atoms with van der Waals surface area (Å²) in [4.78, 5) is 23.0. The summed E-state index contributed by atoms with van der Waals surface area (Å²) in [6.07, 6.45) is 8.83. The van der Waals surface area contributed by atoms with Crippen molar-refractivity contribution in [1.82, 2.24) is 0 Å². The molecule has 0 fully saturated rings. The van der Waals surface area contributed by atoms with Gasteiger partial charge in [0.15, 0.2) is 0 Å². The SMILES string of the molecule is CCCCCCCCC(CC(=O)Nc1ccccc1)CC(C)[N+](=O)[O-]. The van der Waals surface area contributed by atoms with Crippen LogP contribution in [-0.4, -0.2) is 16.9 Å². The lowest BCUT2D eigenvalue weighted by atomic mass is 9.91. The number of unbranched alkanes of at least 4 members (excludes halogenated alkanes) is 5. The highest BCUT2D eigenvalue weighted by atomic mass is 16.6. The van der Waals surface area contributed by atoms with Crippen LogP contribution < -0.4 is 5.32 Å². The molecule has 2 atom stereocenters. The zero-order valence-electron chi connectivity index (χ0n) is 15.6. The number of hydrogen-bond donors (Lipinski definition) is 1. The highest BCUT2D eigenvalue weighted by Crippen LogP contribution is 2.22. The Morgan fingerprint density at radius 2 is 1.76 bits per heavy atom. The molecule has 1 amide bonds. The largest absolute Gasteiger partial charge is 0.326 e. The van der Waals surface area contributed by atoms with Crippen molar-refractivity contribution < 1.29 is 9.72 Å². The summed E-state index contributed by atoms with van der Waals surface area (Å²) in [7, 11) is 0. The third kappa shape index (κ3) is 9.85. The molecule has 5 heteroatoms. The fraction of sp³-hybridized carbons (Fsp3) is 0.650. The van der Waals surface area contributed by atoms with Crippen LogP contribution in [0.5, 0.6) is 0 Å². The van der Waals surface area contributed by atoms with E-state index in [1.54, 1.807) is 6.92 Å². The second-order valence-corrected chi connectivity index (χ2v) is 6.91. The summed E-state index contributed by atoms with van der Waals surface area (Å²) < 4.78 is 0. The van der Waals surface area contributed by atoms with E-state index in [1.807, 2.05) is 30.3 Å². The Bertz CT molecular complexity index is 505. The Morgan fingerprint density at radius 1 is 1.12 bits per heavy atom. The van der Waals surface area contributed by atoms with Gasteiger partial charge in [-0.25, -0.2) is 0 Å². The van der Waals surface area contributed by atoms with E-state index in [2.05, 4.69) is 12.2 Å². The average Bonchev–Trinajstić information content (AvgIpc) is 2.58. The van der Waals surface area contributed by atoms with Gasteiger partial charge in [0.25, 0.3) is 0 Å². The predicted octanol–water partition coefficient (Wildman–Crippen LogP) is 5.44. The maximum Gasteiger partial charge on any atom is 0.224 e. The van der Waals surface area contributed by atoms with Crippen LogP contribution in [0.3, 0.4) is 0 Å². The molecule has 0 heterocycles. The third-order valence-corrected chi connectivity index (χ3v) is 4.53. The van der Waals surface area contributed by atoms with Crippen LogP contribution in [0.25, 0.3) is 0 Å². The fourth-order valence-electron chi connectivity index (χ4n) is 3.08. The number of nitrogens with zero attached hydrogens (tertiary/aromatic N) is 1. The van der Waals surface area contributed by atoms with Gasteiger partial charge in [0, 0.05) is 30.4 Å². The van der Waals surface area contributed by atoms with Crippen molar-refractivity contribution in [2.45, 2.75) is 77.7 Å². The molecule has 0 radical (unpaired) electrons. The molecule has 0 saturated heterocycles. The molecular weight excluding hydrogens is 316 g/mol. The van der Waals surface area contributed by atoms with Crippen molar-refractivity contribution in [2.24, 2.45) is 5.92 Å². The summed E-state index contributed by atoms with van der Waals surface area (Å²) in [6, 6.07) is 8.74. The van der Waals surface area contributed by atoms with Gasteiger partial charge in [0.1, 0.15) is 0 Å². The molecule has 140 valence electrons. The first kappa shape index (κ1) is 21.1. The van der Waals surface area contributed by atoms with Gasteiger partial charge in [0.2, 0.25) is 11.9 Å². The molecule has 0 aromatic heterocycles. The number of anilines is 1. The van der Waals surface area contributed by atoms with Crippen molar-refractivity contribution in [3.05, 3.63) is 40.4 Å². The molecule has 25 heavy (non-hydrogen) atoms. The van der Waals surface area contributed by atoms with Gasteiger partial charge < -0.3 is 5.32 Å². The Kier molecular flexibility index (Phi) is 10.5. The van der Waals surface area contributed by atoms with Crippen molar-refractivity contribution in [3.8, 4) is 0 Å². The lowest BCUT2D eigenvalue weighted by Crippen LogP contribution is -2.23. The summed E-state index contributed by atoms with van der Waals surface area (Å²) in [5.74, 6) is 0.00742. The number of carbonyl (C=O) groups excluding carboxylic acids is 1. The van der Waals surface area contributed by atoms with E-state index >= 15 is 0 Å². The minimum Gasteiger partial charge on any atom is -0.326 e. The standard InChI is InChI=1S/C20H32N2O3/c1-3-4-5-6-7-9-12-18(15-17(2)22(24)25)16-20(23)21-19-13-10-8-11-14-19/h8,10-11,13-14,17-18H,3-7,9,12,15-16H2,1-2H3,(H,21,23). The third-order valence-electron chi connectivity index (χ3n) is 4.53. The molecule has 0 aliphatic carbocycles. The fourth-order valence-corrected chi connectivity index (χ4v) is 3.08. The van der Waals surface area contributed by atoms with E-state index < -0.39 is 6.04 Å². The van der Waals surface area contributed by atoms with Gasteiger partial charge >= 0.3 is 0 Å². The van der Waals surface area contributed by atoms with Gasteiger partial charge in [-0.1, -0.05) is 63.6 Å². The Balaban J connectivity index is 2.46. The van der Waals surface area contributed by atoms with Gasteiger partial charge in [-0.15, -0.1) is 0 Å². The van der Waals surface area contributed by atoms with E-state index in [9.17, 15) is 14.9 Å². The Hall–Kier alpha value is -1.91. The molecule has 0 bridgehead atoms. The van der Waals surface area contributed by atoms with Crippen LogP contribution in [0.1, 0.15) is 71.6 Å². The monoisotopic (exact) mass is 348 g/mol. The number of para-hydroxylation sites is 1. The zero-order valence-corrected chi connectivity index (χ0v) is 15.6. The van der Waals surface area contributed by atoms with Crippen LogP contribution in [0.4, 0.5) is 5.69 Å². The lowest BCUT2D eigenvalue weighted by Gasteiger charge is -2.17. The molecule has 0 aliphatic heterocycles. The molecular formula is C20H32N2O3. The van der Waals surface area contributed by atoms with Crippen molar-refractivity contribution in [3.63, 3.8) is 0 Å². The van der Waals surface area contributed by atoms with Crippen LogP contribution in [0.15, 0.2) is 30.3 Å². The van der Waals surface area contributed by atoms with Crippen molar-refractivity contribution in [2.75, 3.05) is 5.32 Å². The minimum absolute atomic E-state index is 0.0577. The number of amides is 1. The number of nitro groups is 1. The topological polar surface area (TPSA) is 72.2 Å². The Labute approximate surface area is 151 Å². The first-order valence-electron chi connectivity index (χ1n) is 9.51. The molecule has 1 N–H and O–H groups in total. The summed E-state index contributed by atoms with van der Waals surface area (Å²) in [5, 5.41) is 13.8. The Morgan fingerprint density at radius 3 is 2.40 bits per heavy atom. The van der Waals surface area contributed by atoms with Crippen LogP contribution in [-0.2, 0) is 4.79 Å². The van der Waals surface area contributed by atoms with Gasteiger partial charge in [0.05, 0.1) is 0 Å². The van der Waals surface area contributed by atoms with E-state index in [1.165, 1.54) is 25.7 Å². The molecule has 0 spiro atoms. The summed E-state index contributed by atoms with van der Waals surface area (Å²) in [5.41, 5.74) is 0.771. The van der Waals surface area contributed by atoms with Gasteiger partial charge in [-0.05, 0) is 24.5 Å². The van der Waals surface area contributed by atoms with E-state index in [0.717, 1.165) is 24.9 Å². The van der Waals surface area contributed by atoms with E-state index in [4.69, 9.17) is 0 Å². The molecule has 5 nitrogen and oxygen atoms in total. The average molecular weight is 348 g/mol. The summed E-state index contributed by atoms with van der Waals surface area (Å²) >= 11 is 0. The van der Waals surface area contributed by atoms with Gasteiger partial charge in [-0.3, -0.25) is 14.9 Å². The number of carbonyl (C=O) groups is 1. The number of nitrogens with one attached hydrogen (secondary N) is 1. The first-order valence-corrected chi connectivity index (χ1v) is 9.51. The van der Waals surface area contributed by atoms with Crippen LogP contribution >= 0.6 is 0 Å². The molecule has 2 unspecified atom stereocenters. The van der Waals surface area contributed by atoms with Gasteiger partial charge in [-0.2, -0.15) is 0 Å². The highest BCUT2D eigenvalue weighted by molar-refractivity contribution is 5.90. The molecule has 0 saturated carbocycles. The van der Waals surface area contributed by atoms with Crippen LogP contribution in [0.2, 0.25) is 0 Å².